The van der Waals surface area contributed by atoms with Crippen LogP contribution in [-0.2, 0) is 0 Å². The minimum atomic E-state index is -0.362. The molecule has 3 heteroatoms. The summed E-state index contributed by atoms with van der Waals surface area (Å²) >= 11 is 0. The number of benzene rings is 1. The Morgan fingerprint density at radius 2 is 2.12 bits per heavy atom. The first-order valence-electron chi connectivity index (χ1n) is 5.84. The second-order valence-electron chi connectivity index (χ2n) is 4.32. The zero-order valence-electron chi connectivity index (χ0n) is 9.65. The van der Waals surface area contributed by atoms with Crippen LogP contribution >= 0.6 is 0 Å². The Morgan fingerprint density at radius 1 is 1.38 bits per heavy atom. The van der Waals surface area contributed by atoms with Crippen molar-refractivity contribution in [2.45, 2.75) is 18.9 Å². The Labute approximate surface area is 96.4 Å². The molecule has 1 heterocycles. The molecule has 0 spiro atoms. The van der Waals surface area contributed by atoms with Crippen LogP contribution in [-0.4, -0.2) is 25.3 Å². The van der Waals surface area contributed by atoms with E-state index >= 15 is 0 Å². The first-order chi connectivity index (χ1) is 7.81. The molecule has 0 radical (unpaired) electrons. The van der Waals surface area contributed by atoms with Crippen molar-refractivity contribution in [1.82, 2.24) is 5.32 Å². The van der Waals surface area contributed by atoms with Crippen LogP contribution in [0.3, 0.4) is 0 Å². The van der Waals surface area contributed by atoms with Crippen LogP contribution in [0.4, 0.5) is 0 Å². The van der Waals surface area contributed by atoms with Gasteiger partial charge >= 0.3 is 0 Å². The van der Waals surface area contributed by atoms with Crippen LogP contribution in [0.2, 0.25) is 0 Å². The lowest BCUT2D eigenvalue weighted by molar-refractivity contribution is 0.0921. The number of methoxy groups -OCH3 is 1. The van der Waals surface area contributed by atoms with Crippen molar-refractivity contribution < 1.29 is 9.84 Å². The molecule has 0 bridgehead atoms. The van der Waals surface area contributed by atoms with Crippen LogP contribution in [0.25, 0.3) is 0 Å². The van der Waals surface area contributed by atoms with Crippen LogP contribution in [0.1, 0.15) is 24.5 Å². The lowest BCUT2D eigenvalue weighted by Crippen LogP contribution is -2.33. The highest BCUT2D eigenvalue weighted by atomic mass is 16.5. The van der Waals surface area contributed by atoms with E-state index in [9.17, 15) is 5.11 Å². The highest BCUT2D eigenvalue weighted by Crippen LogP contribution is 2.28. The normalized spacial score (nSPS) is 22.8. The fraction of sp³-hybridized carbons (Fsp3) is 0.538. The maximum absolute atomic E-state index is 10.2. The third-order valence-corrected chi connectivity index (χ3v) is 3.24. The smallest absolute Gasteiger partial charge is 0.118 e. The second-order valence-corrected chi connectivity index (χ2v) is 4.32. The Morgan fingerprint density at radius 3 is 2.69 bits per heavy atom. The van der Waals surface area contributed by atoms with Crippen molar-refractivity contribution in [3.63, 3.8) is 0 Å². The molecule has 0 amide bonds. The van der Waals surface area contributed by atoms with Gasteiger partial charge in [0.05, 0.1) is 13.2 Å². The van der Waals surface area contributed by atoms with Crippen LogP contribution in [0.5, 0.6) is 5.75 Å². The Balaban J connectivity index is 2.04. The van der Waals surface area contributed by atoms with Crippen LogP contribution < -0.4 is 10.1 Å². The van der Waals surface area contributed by atoms with Gasteiger partial charge < -0.3 is 15.2 Å². The molecular weight excluding hydrogens is 202 g/mol. The Kier molecular flexibility index (Phi) is 3.80. The average molecular weight is 221 g/mol. The van der Waals surface area contributed by atoms with Gasteiger partial charge in [-0.1, -0.05) is 12.1 Å². The lowest BCUT2D eigenvalue weighted by atomic mass is 9.89. The summed E-state index contributed by atoms with van der Waals surface area (Å²) in [6.07, 6.45) is 1.89. The first kappa shape index (κ1) is 11.4. The highest BCUT2D eigenvalue weighted by Gasteiger charge is 2.22. The number of hydrogen-bond acceptors (Lipinski definition) is 3. The van der Waals surface area contributed by atoms with Gasteiger partial charge in [-0.2, -0.15) is 0 Å². The number of aliphatic hydroxyl groups is 1. The van der Waals surface area contributed by atoms with E-state index in [2.05, 4.69) is 5.32 Å². The van der Waals surface area contributed by atoms with Gasteiger partial charge in [0.1, 0.15) is 5.75 Å². The molecular formula is C13H19NO2. The molecule has 0 aromatic heterocycles. The topological polar surface area (TPSA) is 41.5 Å². The predicted octanol–water partition coefficient (Wildman–Crippen LogP) is 1.73. The number of hydrogen-bond donors (Lipinski definition) is 2. The summed E-state index contributed by atoms with van der Waals surface area (Å²) in [4.78, 5) is 0. The maximum atomic E-state index is 10.2. The summed E-state index contributed by atoms with van der Waals surface area (Å²) in [5.41, 5.74) is 0.981. The molecule has 0 saturated carbocycles. The highest BCUT2D eigenvalue weighted by molar-refractivity contribution is 5.28. The molecule has 1 aliphatic heterocycles. The molecule has 2 atom stereocenters. The summed E-state index contributed by atoms with van der Waals surface area (Å²) in [5, 5.41) is 13.6. The summed E-state index contributed by atoms with van der Waals surface area (Å²) < 4.78 is 5.10. The molecule has 0 aliphatic carbocycles. The first-order valence-corrected chi connectivity index (χ1v) is 5.84. The molecule has 2 rings (SSSR count). The molecule has 88 valence electrons. The molecule has 1 aliphatic rings. The zero-order chi connectivity index (χ0) is 11.4. The number of nitrogens with one attached hydrogen (secondary N) is 1. The third-order valence-electron chi connectivity index (χ3n) is 3.24. The van der Waals surface area contributed by atoms with Gasteiger partial charge in [0.25, 0.3) is 0 Å². The summed E-state index contributed by atoms with van der Waals surface area (Å²) in [5.74, 6) is 1.17. The Hall–Kier alpha value is -1.06. The minimum absolute atomic E-state index is 0.335. The lowest BCUT2D eigenvalue weighted by Gasteiger charge is -2.27. The monoisotopic (exact) mass is 221 g/mol. The van der Waals surface area contributed by atoms with Gasteiger partial charge in [-0.3, -0.25) is 0 Å². The fourth-order valence-electron chi connectivity index (χ4n) is 2.22. The largest absolute Gasteiger partial charge is 0.497 e. The number of rotatable bonds is 3. The van der Waals surface area contributed by atoms with E-state index in [1.165, 1.54) is 0 Å². The van der Waals surface area contributed by atoms with Crippen molar-refractivity contribution in [3.8, 4) is 5.75 Å². The molecule has 1 aromatic rings. The molecule has 3 nitrogen and oxygen atoms in total. The number of aliphatic hydroxyl groups excluding tert-OH is 1. The zero-order valence-corrected chi connectivity index (χ0v) is 9.65. The summed E-state index contributed by atoms with van der Waals surface area (Å²) in [6, 6.07) is 7.68. The van der Waals surface area contributed by atoms with Crippen molar-refractivity contribution >= 4 is 0 Å². The quantitative estimate of drug-likeness (QED) is 0.816. The van der Waals surface area contributed by atoms with E-state index in [0.717, 1.165) is 37.2 Å². The van der Waals surface area contributed by atoms with E-state index in [-0.39, 0.29) is 6.10 Å². The van der Waals surface area contributed by atoms with Crippen molar-refractivity contribution in [2.24, 2.45) is 5.92 Å². The molecule has 1 saturated heterocycles. The predicted molar refractivity (Wildman–Crippen MR) is 63.5 cm³/mol. The third kappa shape index (κ3) is 2.54. The summed E-state index contributed by atoms with van der Waals surface area (Å²) in [6.45, 7) is 1.99. The van der Waals surface area contributed by atoms with Gasteiger partial charge in [0.15, 0.2) is 0 Å². The van der Waals surface area contributed by atoms with Gasteiger partial charge in [-0.05, 0) is 37.1 Å². The van der Waals surface area contributed by atoms with Gasteiger partial charge in [0.2, 0.25) is 0 Å². The fourth-order valence-corrected chi connectivity index (χ4v) is 2.22. The second kappa shape index (κ2) is 5.32. The van der Waals surface area contributed by atoms with Gasteiger partial charge in [-0.25, -0.2) is 0 Å². The van der Waals surface area contributed by atoms with Crippen molar-refractivity contribution in [2.75, 3.05) is 20.2 Å². The standard InChI is InChI=1S/C13H19NO2/c1-16-12-6-4-10(5-7-12)13(15)11-3-2-8-14-9-11/h4-7,11,13-15H,2-3,8-9H2,1H3/t11-,13+/m0/s1. The van der Waals surface area contributed by atoms with Crippen LogP contribution in [0, 0.1) is 5.92 Å². The van der Waals surface area contributed by atoms with E-state index in [0.29, 0.717) is 5.92 Å². The van der Waals surface area contributed by atoms with E-state index < -0.39 is 0 Å². The number of piperidine rings is 1. The van der Waals surface area contributed by atoms with Crippen LogP contribution in [0.15, 0.2) is 24.3 Å². The number of ether oxygens (including phenoxy) is 1. The average Bonchev–Trinajstić information content (AvgIpc) is 2.39. The molecule has 1 fully saturated rings. The maximum Gasteiger partial charge on any atom is 0.118 e. The molecule has 2 N–H and O–H groups in total. The van der Waals surface area contributed by atoms with E-state index in [1.807, 2.05) is 24.3 Å². The summed E-state index contributed by atoms with van der Waals surface area (Å²) in [7, 11) is 1.65. The minimum Gasteiger partial charge on any atom is -0.497 e. The Bertz CT molecular complexity index is 317. The molecule has 0 unspecified atom stereocenters. The van der Waals surface area contributed by atoms with Crippen molar-refractivity contribution in [3.05, 3.63) is 29.8 Å². The van der Waals surface area contributed by atoms with Crippen molar-refractivity contribution in [1.29, 1.82) is 0 Å². The molecule has 16 heavy (non-hydrogen) atoms. The molecule has 1 aromatic carbocycles. The van der Waals surface area contributed by atoms with Gasteiger partial charge in [-0.15, -0.1) is 0 Å². The SMILES string of the molecule is COc1ccc([C@@H](O)[C@H]2CCCNC2)cc1. The van der Waals surface area contributed by atoms with E-state index in [1.54, 1.807) is 7.11 Å². The van der Waals surface area contributed by atoms with Gasteiger partial charge in [0, 0.05) is 12.5 Å². The van der Waals surface area contributed by atoms with E-state index in [4.69, 9.17) is 4.74 Å².